The summed E-state index contributed by atoms with van der Waals surface area (Å²) in [5.74, 6) is 1.14. The van der Waals surface area contributed by atoms with E-state index < -0.39 is 21.8 Å². The van der Waals surface area contributed by atoms with Gasteiger partial charge in [-0.1, -0.05) is 25.3 Å². The fourth-order valence-electron chi connectivity index (χ4n) is 6.57. The number of alkyl halides is 3. The van der Waals surface area contributed by atoms with Gasteiger partial charge < -0.3 is 20.9 Å². The van der Waals surface area contributed by atoms with Crippen molar-refractivity contribution in [2.45, 2.75) is 106 Å². The summed E-state index contributed by atoms with van der Waals surface area (Å²) in [7, 11) is -4.07. The summed E-state index contributed by atoms with van der Waals surface area (Å²) in [4.78, 5) is 14.1. The number of nitrogens with one attached hydrogen (secondary N) is 2. The molecule has 43 heavy (non-hydrogen) atoms. The Balaban J connectivity index is 1.20. The van der Waals surface area contributed by atoms with Crippen LogP contribution in [0.2, 0.25) is 0 Å². The lowest BCUT2D eigenvalue weighted by Crippen LogP contribution is -2.42. The Morgan fingerprint density at radius 3 is 2.28 bits per heavy atom. The third-order valence-electron chi connectivity index (χ3n) is 9.09. The van der Waals surface area contributed by atoms with Crippen molar-refractivity contribution in [1.82, 2.24) is 23.8 Å². The van der Waals surface area contributed by atoms with Crippen LogP contribution in [0.3, 0.4) is 0 Å². The second-order valence-electron chi connectivity index (χ2n) is 12.1. The molecule has 6 rings (SSSR count). The highest BCUT2D eigenvalue weighted by Gasteiger charge is 2.34. The van der Waals surface area contributed by atoms with Crippen LogP contribution in [-0.2, 0) is 16.2 Å². The topological polar surface area (TPSA) is 131 Å². The molecule has 10 nitrogen and oxygen atoms in total. The molecule has 0 spiro atoms. The Kier molecular flexibility index (Phi) is 8.53. The zero-order valence-electron chi connectivity index (χ0n) is 24.1. The number of fused-ring (bicyclic) bond motifs is 1. The average Bonchev–Trinajstić information content (AvgIpc) is 3.43. The van der Waals surface area contributed by atoms with Crippen molar-refractivity contribution in [2.24, 2.45) is 5.73 Å². The standard InChI is InChI=1S/C29H39F3N8O2S/c30-29(31,32)19-5-4-8-24(17-19)43(41,42)39-15-13-22(14-16-39)35-26-25-27(40(18-34-25)23-6-2-1-3-7-23)38-28(37-26)36-21-11-9-20(33)10-12-21/h4-5,8,17-18,20-23H,1-3,6-7,9-16,33H2,(H2,35,36,37,38). The Morgan fingerprint density at radius 1 is 0.884 bits per heavy atom. The van der Waals surface area contributed by atoms with Gasteiger partial charge in [0, 0.05) is 37.3 Å². The van der Waals surface area contributed by atoms with Gasteiger partial charge in [-0.25, -0.2) is 13.4 Å². The van der Waals surface area contributed by atoms with Gasteiger partial charge in [0.05, 0.1) is 16.8 Å². The third kappa shape index (κ3) is 6.60. The lowest BCUT2D eigenvalue weighted by Gasteiger charge is -2.32. The minimum Gasteiger partial charge on any atom is -0.365 e. The van der Waals surface area contributed by atoms with Crippen LogP contribution in [0, 0.1) is 0 Å². The van der Waals surface area contributed by atoms with Crippen LogP contribution in [-0.4, -0.2) is 63.5 Å². The highest BCUT2D eigenvalue weighted by Crippen LogP contribution is 2.34. The molecule has 3 aliphatic rings. The van der Waals surface area contributed by atoms with Gasteiger partial charge in [0.1, 0.15) is 0 Å². The number of hydrogen-bond acceptors (Lipinski definition) is 8. The number of rotatable bonds is 7. The van der Waals surface area contributed by atoms with Crippen molar-refractivity contribution in [2.75, 3.05) is 23.7 Å². The first kappa shape index (κ1) is 30.1. The number of imidazole rings is 1. The van der Waals surface area contributed by atoms with Crippen molar-refractivity contribution in [3.8, 4) is 0 Å². The zero-order valence-corrected chi connectivity index (χ0v) is 24.9. The van der Waals surface area contributed by atoms with Gasteiger partial charge in [-0.3, -0.25) is 0 Å². The fourth-order valence-corrected chi connectivity index (χ4v) is 8.09. The normalized spacial score (nSPS) is 23.4. The number of hydrogen-bond donors (Lipinski definition) is 3. The molecule has 0 bridgehead atoms. The molecule has 1 saturated heterocycles. The number of anilines is 2. The molecule has 1 aliphatic heterocycles. The molecular formula is C29H39F3N8O2S. The highest BCUT2D eigenvalue weighted by molar-refractivity contribution is 7.89. The van der Waals surface area contributed by atoms with Gasteiger partial charge in [0.25, 0.3) is 0 Å². The number of halogens is 3. The highest BCUT2D eigenvalue weighted by atomic mass is 32.2. The summed E-state index contributed by atoms with van der Waals surface area (Å²) in [6.07, 6.45) is 7.74. The van der Waals surface area contributed by atoms with Crippen molar-refractivity contribution in [3.05, 3.63) is 36.2 Å². The molecule has 3 fully saturated rings. The van der Waals surface area contributed by atoms with E-state index in [1.807, 2.05) is 6.33 Å². The van der Waals surface area contributed by atoms with Gasteiger partial charge in [0.15, 0.2) is 17.0 Å². The molecule has 1 aromatic carbocycles. The van der Waals surface area contributed by atoms with Gasteiger partial charge in [-0.2, -0.15) is 27.4 Å². The maximum atomic E-state index is 13.2. The number of benzene rings is 1. The number of nitrogens with zero attached hydrogens (tertiary/aromatic N) is 5. The Hall–Kier alpha value is -2.97. The smallest absolute Gasteiger partial charge is 0.365 e. The van der Waals surface area contributed by atoms with Crippen molar-refractivity contribution >= 4 is 33.0 Å². The number of aromatic nitrogens is 4. The van der Waals surface area contributed by atoms with E-state index in [0.717, 1.165) is 56.3 Å². The van der Waals surface area contributed by atoms with E-state index in [2.05, 4.69) is 15.2 Å². The number of piperidine rings is 1. The second-order valence-corrected chi connectivity index (χ2v) is 14.1. The maximum absolute atomic E-state index is 13.2. The Labute approximate surface area is 249 Å². The number of nitrogens with two attached hydrogens (primary N) is 1. The predicted octanol–water partition coefficient (Wildman–Crippen LogP) is 5.30. The molecule has 0 amide bonds. The summed E-state index contributed by atoms with van der Waals surface area (Å²) in [6, 6.07) is 4.63. The van der Waals surface area contributed by atoms with Crippen LogP contribution in [0.5, 0.6) is 0 Å². The summed E-state index contributed by atoms with van der Waals surface area (Å²) >= 11 is 0. The average molecular weight is 621 g/mol. The zero-order chi connectivity index (χ0) is 30.2. The van der Waals surface area contributed by atoms with Crippen molar-refractivity contribution in [1.29, 1.82) is 0 Å². The van der Waals surface area contributed by atoms with Gasteiger partial charge >= 0.3 is 6.18 Å². The number of sulfonamides is 1. The molecule has 0 atom stereocenters. The first-order valence-corrected chi connectivity index (χ1v) is 16.7. The van der Waals surface area contributed by atoms with E-state index in [1.54, 1.807) is 0 Å². The predicted molar refractivity (Wildman–Crippen MR) is 158 cm³/mol. The SMILES string of the molecule is NC1CCC(Nc2nc(NC3CCN(S(=O)(=O)c4cccc(C(F)(F)F)c4)CC3)c3ncn(C4CCCCC4)c3n2)CC1. The first-order valence-electron chi connectivity index (χ1n) is 15.3. The van der Waals surface area contributed by atoms with Crippen LogP contribution in [0.1, 0.15) is 82.2 Å². The largest absolute Gasteiger partial charge is 0.416 e. The van der Waals surface area contributed by atoms with Crippen LogP contribution in [0.15, 0.2) is 35.5 Å². The molecule has 0 radical (unpaired) electrons. The van der Waals surface area contributed by atoms with Crippen LogP contribution >= 0.6 is 0 Å². The monoisotopic (exact) mass is 620 g/mol. The molecule has 2 saturated carbocycles. The van der Waals surface area contributed by atoms with E-state index >= 15 is 0 Å². The van der Waals surface area contributed by atoms with E-state index in [1.165, 1.54) is 29.6 Å². The van der Waals surface area contributed by atoms with E-state index in [9.17, 15) is 21.6 Å². The third-order valence-corrected chi connectivity index (χ3v) is 11.0. The minimum absolute atomic E-state index is 0.0913. The molecule has 14 heteroatoms. The van der Waals surface area contributed by atoms with E-state index in [4.69, 9.17) is 20.7 Å². The molecule has 2 aliphatic carbocycles. The molecule has 2 aromatic heterocycles. The lowest BCUT2D eigenvalue weighted by atomic mass is 9.92. The van der Waals surface area contributed by atoms with Crippen LogP contribution < -0.4 is 16.4 Å². The lowest BCUT2D eigenvalue weighted by molar-refractivity contribution is -0.137. The quantitative estimate of drug-likeness (QED) is 0.325. The molecule has 4 N–H and O–H groups in total. The van der Waals surface area contributed by atoms with Crippen molar-refractivity contribution < 1.29 is 21.6 Å². The van der Waals surface area contributed by atoms with Crippen LogP contribution in [0.25, 0.3) is 11.2 Å². The van der Waals surface area contributed by atoms with Crippen LogP contribution in [0.4, 0.5) is 24.9 Å². The summed E-state index contributed by atoms with van der Waals surface area (Å²) in [6.45, 7) is 0.350. The molecule has 3 heterocycles. The molecule has 0 unspecified atom stereocenters. The van der Waals surface area contributed by atoms with Crippen molar-refractivity contribution in [3.63, 3.8) is 0 Å². The Morgan fingerprint density at radius 2 is 1.58 bits per heavy atom. The van der Waals surface area contributed by atoms with E-state index in [0.29, 0.717) is 42.2 Å². The summed E-state index contributed by atoms with van der Waals surface area (Å²) in [5, 5.41) is 7.03. The summed E-state index contributed by atoms with van der Waals surface area (Å²) in [5.41, 5.74) is 6.59. The summed E-state index contributed by atoms with van der Waals surface area (Å²) < 4.78 is 69.5. The Bertz CT molecular complexity index is 1520. The molecule has 3 aromatic rings. The fraction of sp³-hybridized carbons (Fsp3) is 0.621. The minimum atomic E-state index is -4.62. The second kappa shape index (κ2) is 12.2. The van der Waals surface area contributed by atoms with Gasteiger partial charge in [-0.15, -0.1) is 0 Å². The van der Waals surface area contributed by atoms with Gasteiger partial charge in [0.2, 0.25) is 16.0 Å². The first-order chi connectivity index (χ1) is 20.6. The van der Waals surface area contributed by atoms with Gasteiger partial charge in [-0.05, 0) is 69.6 Å². The molecular weight excluding hydrogens is 581 g/mol. The maximum Gasteiger partial charge on any atom is 0.416 e. The van der Waals surface area contributed by atoms with E-state index in [-0.39, 0.29) is 36.1 Å². The molecule has 234 valence electrons.